The lowest BCUT2D eigenvalue weighted by Crippen LogP contribution is -2.34. The maximum atomic E-state index is 13.3. The van der Waals surface area contributed by atoms with Gasteiger partial charge in [0.05, 0.1) is 16.3 Å². The summed E-state index contributed by atoms with van der Waals surface area (Å²) < 4.78 is 0. The summed E-state index contributed by atoms with van der Waals surface area (Å²) in [4.78, 5) is 39.7. The van der Waals surface area contributed by atoms with E-state index in [-0.39, 0.29) is 11.9 Å². The lowest BCUT2D eigenvalue weighted by Gasteiger charge is -2.20. The molecule has 4 heterocycles. The van der Waals surface area contributed by atoms with Crippen molar-refractivity contribution < 1.29 is 9.59 Å². The Labute approximate surface area is 183 Å². The third-order valence-electron chi connectivity index (χ3n) is 5.49. The molecule has 0 unspecified atom stereocenters. The topological polar surface area (TPSA) is 78.4 Å². The smallest absolute Gasteiger partial charge is 0.264 e. The molecule has 3 aromatic heterocycles. The Kier molecular flexibility index (Phi) is 6.29. The summed E-state index contributed by atoms with van der Waals surface area (Å²) in [5.41, 5.74) is 0.917. The van der Waals surface area contributed by atoms with Crippen molar-refractivity contribution in [2.24, 2.45) is 0 Å². The Hall–Kier alpha value is -2.52. The second kappa shape index (κ2) is 9.09. The van der Waals surface area contributed by atoms with Crippen molar-refractivity contribution in [1.82, 2.24) is 19.8 Å². The van der Waals surface area contributed by atoms with Gasteiger partial charge in [0.15, 0.2) is 0 Å². The van der Waals surface area contributed by atoms with Gasteiger partial charge in [0.25, 0.3) is 5.91 Å². The normalized spacial score (nSPS) is 15.8. The number of nitrogens with one attached hydrogen (secondary N) is 1. The molecule has 0 radical (unpaired) electrons. The number of aromatic nitrogens is 2. The third kappa shape index (κ3) is 4.04. The number of nitrogens with zero attached hydrogens (tertiary/aromatic N) is 4. The van der Waals surface area contributed by atoms with Crippen molar-refractivity contribution in [3.8, 4) is 0 Å². The first-order chi connectivity index (χ1) is 14.6. The highest BCUT2D eigenvalue weighted by molar-refractivity contribution is 7.20. The average molecular weight is 444 g/mol. The van der Waals surface area contributed by atoms with Gasteiger partial charge in [0, 0.05) is 31.1 Å². The van der Waals surface area contributed by atoms with Gasteiger partial charge in [0.1, 0.15) is 17.0 Å². The number of carbonyl (C=O) groups excluding carboxylic acids is 2. The van der Waals surface area contributed by atoms with Gasteiger partial charge in [-0.15, -0.1) is 22.7 Å². The molecule has 1 aliphatic heterocycles. The number of carbonyl (C=O) groups is 2. The first-order valence-corrected chi connectivity index (χ1v) is 11.8. The number of hydrogen-bond acceptors (Lipinski definition) is 7. The number of fused-ring (bicyclic) bond motifs is 1. The Morgan fingerprint density at radius 2 is 2.17 bits per heavy atom. The summed E-state index contributed by atoms with van der Waals surface area (Å²) in [5, 5.41) is 6.57. The molecule has 0 bridgehead atoms. The van der Waals surface area contributed by atoms with Crippen LogP contribution in [-0.4, -0.2) is 58.3 Å². The van der Waals surface area contributed by atoms with Gasteiger partial charge in [-0.2, -0.15) is 0 Å². The van der Waals surface area contributed by atoms with E-state index in [0.717, 1.165) is 40.8 Å². The van der Waals surface area contributed by atoms with Crippen molar-refractivity contribution in [2.75, 3.05) is 31.5 Å². The summed E-state index contributed by atoms with van der Waals surface area (Å²) in [7, 11) is 0. The summed E-state index contributed by atoms with van der Waals surface area (Å²) in [6.45, 7) is 6.60. The van der Waals surface area contributed by atoms with E-state index in [2.05, 4.69) is 39.7 Å². The fraction of sp³-hybridized carbons (Fsp3) is 0.429. The van der Waals surface area contributed by atoms with E-state index < -0.39 is 0 Å². The zero-order valence-electron chi connectivity index (χ0n) is 17.1. The second-order valence-corrected chi connectivity index (χ2v) is 9.34. The SMILES string of the molecule is CC[C@@H](Nc1ncnc2sc(C(=O)N3CCCN(C=O)CC3)c(C)c12)c1cccs1. The molecule has 0 aromatic carbocycles. The number of hydrogen-bond donors (Lipinski definition) is 1. The highest BCUT2D eigenvalue weighted by Crippen LogP contribution is 2.36. The van der Waals surface area contributed by atoms with Crippen LogP contribution in [0.4, 0.5) is 5.82 Å². The van der Waals surface area contributed by atoms with E-state index in [1.54, 1.807) is 22.6 Å². The molecule has 1 saturated heterocycles. The van der Waals surface area contributed by atoms with E-state index in [1.165, 1.54) is 16.2 Å². The van der Waals surface area contributed by atoms with E-state index in [4.69, 9.17) is 0 Å². The van der Waals surface area contributed by atoms with Crippen LogP contribution in [0.1, 0.15) is 45.9 Å². The average Bonchev–Trinajstić information content (AvgIpc) is 3.34. The lowest BCUT2D eigenvalue weighted by atomic mass is 10.1. The minimum absolute atomic E-state index is 0.0134. The number of aryl methyl sites for hydroxylation is 1. The maximum Gasteiger partial charge on any atom is 0.264 e. The summed E-state index contributed by atoms with van der Waals surface area (Å²) in [6.07, 6.45) is 4.15. The molecule has 1 N–H and O–H groups in total. The second-order valence-electron chi connectivity index (χ2n) is 7.37. The van der Waals surface area contributed by atoms with Gasteiger partial charge in [-0.25, -0.2) is 9.97 Å². The van der Waals surface area contributed by atoms with Crippen molar-refractivity contribution in [3.05, 3.63) is 39.2 Å². The van der Waals surface area contributed by atoms with Crippen molar-refractivity contribution in [3.63, 3.8) is 0 Å². The molecule has 7 nitrogen and oxygen atoms in total. The number of anilines is 1. The number of amides is 2. The largest absolute Gasteiger partial charge is 0.362 e. The summed E-state index contributed by atoms with van der Waals surface area (Å²) in [5.74, 6) is 0.788. The molecule has 2 amide bonds. The first kappa shape index (κ1) is 20.7. The Morgan fingerprint density at radius 1 is 1.30 bits per heavy atom. The van der Waals surface area contributed by atoms with Gasteiger partial charge >= 0.3 is 0 Å². The molecule has 4 rings (SSSR count). The fourth-order valence-electron chi connectivity index (χ4n) is 3.80. The molecule has 1 atom stereocenters. The van der Waals surface area contributed by atoms with Gasteiger partial charge < -0.3 is 15.1 Å². The zero-order valence-corrected chi connectivity index (χ0v) is 18.8. The molecule has 1 aliphatic rings. The highest BCUT2D eigenvalue weighted by atomic mass is 32.1. The van der Waals surface area contributed by atoms with Crippen LogP contribution >= 0.6 is 22.7 Å². The standard InChI is InChI=1S/C21H25N5O2S2/c1-3-15(16-6-4-11-29-16)24-19-17-14(2)18(30-20(17)23-12-22-19)21(28)26-8-5-7-25(13-27)9-10-26/h4,6,11-13,15H,3,5,7-10H2,1-2H3,(H,22,23,24)/t15-/m1/s1. The van der Waals surface area contributed by atoms with E-state index in [9.17, 15) is 9.59 Å². The predicted molar refractivity (Wildman–Crippen MR) is 121 cm³/mol. The Bertz CT molecular complexity index is 1030. The molecule has 0 aliphatic carbocycles. The van der Waals surface area contributed by atoms with E-state index >= 15 is 0 Å². The molecule has 0 saturated carbocycles. The Balaban J connectivity index is 1.63. The zero-order chi connectivity index (χ0) is 21.1. The van der Waals surface area contributed by atoms with Gasteiger partial charge in [-0.05, 0) is 36.8 Å². The minimum Gasteiger partial charge on any atom is -0.362 e. The lowest BCUT2D eigenvalue weighted by molar-refractivity contribution is -0.118. The fourth-order valence-corrected chi connectivity index (χ4v) is 5.78. The van der Waals surface area contributed by atoms with Crippen LogP contribution < -0.4 is 5.32 Å². The molecule has 3 aromatic rings. The van der Waals surface area contributed by atoms with Crippen molar-refractivity contribution >= 4 is 51.0 Å². The third-order valence-corrected chi connectivity index (χ3v) is 7.67. The van der Waals surface area contributed by atoms with Crippen LogP contribution in [-0.2, 0) is 4.79 Å². The molecule has 0 spiro atoms. The van der Waals surface area contributed by atoms with Crippen molar-refractivity contribution in [2.45, 2.75) is 32.7 Å². The molecular weight excluding hydrogens is 418 g/mol. The Morgan fingerprint density at radius 3 is 2.90 bits per heavy atom. The van der Waals surface area contributed by atoms with Gasteiger partial charge in [-0.1, -0.05) is 13.0 Å². The number of rotatable bonds is 6. The van der Waals surface area contributed by atoms with Gasteiger partial charge in [-0.3, -0.25) is 9.59 Å². The van der Waals surface area contributed by atoms with Crippen molar-refractivity contribution in [1.29, 1.82) is 0 Å². The monoisotopic (exact) mass is 443 g/mol. The number of thiophene rings is 2. The van der Waals surface area contributed by atoms with E-state index in [0.29, 0.717) is 31.1 Å². The first-order valence-electron chi connectivity index (χ1n) is 10.1. The molecular formula is C21H25N5O2S2. The van der Waals surface area contributed by atoms with Crippen LogP contribution in [0.25, 0.3) is 10.2 Å². The van der Waals surface area contributed by atoms with Crippen LogP contribution in [0.3, 0.4) is 0 Å². The summed E-state index contributed by atoms with van der Waals surface area (Å²) >= 11 is 3.15. The molecule has 1 fully saturated rings. The molecule has 158 valence electrons. The summed E-state index contributed by atoms with van der Waals surface area (Å²) in [6, 6.07) is 4.35. The van der Waals surface area contributed by atoms with Crippen LogP contribution in [0.2, 0.25) is 0 Å². The minimum atomic E-state index is 0.0134. The van der Waals surface area contributed by atoms with Gasteiger partial charge in [0.2, 0.25) is 6.41 Å². The van der Waals surface area contributed by atoms with E-state index in [1.807, 2.05) is 11.8 Å². The van der Waals surface area contributed by atoms with Crippen LogP contribution in [0.15, 0.2) is 23.8 Å². The quantitative estimate of drug-likeness (QED) is 0.584. The highest BCUT2D eigenvalue weighted by Gasteiger charge is 2.26. The van der Waals surface area contributed by atoms with Crippen LogP contribution in [0, 0.1) is 6.92 Å². The predicted octanol–water partition coefficient (Wildman–Crippen LogP) is 3.93. The maximum absolute atomic E-state index is 13.3. The molecule has 30 heavy (non-hydrogen) atoms. The van der Waals surface area contributed by atoms with Crippen LogP contribution in [0.5, 0.6) is 0 Å². The molecule has 9 heteroatoms.